The largest absolute Gasteiger partial charge is 1.00 e. The maximum Gasteiger partial charge on any atom is 1.00 e. The summed E-state index contributed by atoms with van der Waals surface area (Å²) in [4.78, 5) is 12.5. The summed E-state index contributed by atoms with van der Waals surface area (Å²) in [5.74, 6) is -0.756. The van der Waals surface area contributed by atoms with Crippen LogP contribution in [0.3, 0.4) is 0 Å². The van der Waals surface area contributed by atoms with E-state index in [0.29, 0.717) is 12.0 Å². The van der Waals surface area contributed by atoms with E-state index in [-0.39, 0.29) is 70.7 Å². The Balaban J connectivity index is 0. The number of unbranched alkanes of at least 4 members (excludes halogenated alkanes) is 10. The third-order valence-corrected chi connectivity index (χ3v) is 5.41. The smallest absolute Gasteiger partial charge is 1.00 e. The number of hydrogen-bond acceptors (Lipinski definition) is 5. The van der Waals surface area contributed by atoms with Crippen molar-refractivity contribution in [1.29, 1.82) is 0 Å². The van der Waals surface area contributed by atoms with Crippen LogP contribution in [0.15, 0.2) is 18.2 Å². The van der Waals surface area contributed by atoms with Crippen LogP contribution < -0.4 is 55.6 Å². The van der Waals surface area contributed by atoms with E-state index in [9.17, 15) is 17.8 Å². The molecule has 1 N–H and O–H groups in total. The van der Waals surface area contributed by atoms with Crippen LogP contribution in [0.4, 0.5) is 0 Å². The van der Waals surface area contributed by atoms with Gasteiger partial charge in [-0.15, -0.1) is 0 Å². The van der Waals surface area contributed by atoms with Crippen LogP contribution in [-0.4, -0.2) is 25.5 Å². The van der Waals surface area contributed by atoms with Gasteiger partial charge in [0.2, 0.25) is 0 Å². The normalized spacial score (nSPS) is 11.1. The summed E-state index contributed by atoms with van der Waals surface area (Å²) in [5.41, 5.74) is 0.610. The summed E-state index contributed by atoms with van der Waals surface area (Å²) >= 11 is 0. The third-order valence-electron chi connectivity index (χ3n) is 5.04. The van der Waals surface area contributed by atoms with E-state index in [1.165, 1.54) is 44.6 Å². The number of ether oxygens (including phenoxy) is 1. The molecule has 0 radical (unpaired) electrons. The van der Waals surface area contributed by atoms with Gasteiger partial charge in [0, 0.05) is 0 Å². The van der Waals surface area contributed by atoms with Crippen LogP contribution in [0.2, 0.25) is 0 Å². The van der Waals surface area contributed by atoms with Crippen molar-refractivity contribution in [3.05, 3.63) is 29.3 Å². The summed E-state index contributed by atoms with van der Waals surface area (Å²) in [6, 6.07) is 4.87. The zero-order chi connectivity index (χ0) is 22.2. The van der Waals surface area contributed by atoms with Gasteiger partial charge >= 0.3 is 67.8 Å². The number of hydrogen-bond donors (Lipinski definition) is 1. The number of aryl methyl sites for hydroxylation is 1. The Morgan fingerprint density at radius 3 is 2.03 bits per heavy atom. The van der Waals surface area contributed by atoms with Crippen LogP contribution in [0.5, 0.6) is 5.75 Å². The van der Waals surface area contributed by atoms with Crippen LogP contribution in [0.1, 0.15) is 108 Å². The zero-order valence-electron chi connectivity index (χ0n) is 20.5. The van der Waals surface area contributed by atoms with Gasteiger partial charge in [-0.2, -0.15) is 8.42 Å². The van der Waals surface area contributed by atoms with Gasteiger partial charge in [0.1, 0.15) is 5.56 Å². The molecule has 0 aromatic heterocycles. The van der Waals surface area contributed by atoms with Gasteiger partial charge in [-0.3, -0.25) is 4.55 Å². The Morgan fingerprint density at radius 1 is 0.903 bits per heavy atom. The molecule has 0 aliphatic rings. The number of carbonyl (C=O) groups is 1. The van der Waals surface area contributed by atoms with Crippen molar-refractivity contribution in [2.75, 3.05) is 6.61 Å². The van der Waals surface area contributed by atoms with E-state index in [4.69, 9.17) is 8.92 Å². The van der Waals surface area contributed by atoms with Crippen molar-refractivity contribution < 1.29 is 79.5 Å². The van der Waals surface area contributed by atoms with Crippen molar-refractivity contribution in [2.45, 2.75) is 97.3 Å². The molecule has 0 saturated carbocycles. The average molecular weight is 483 g/mol. The monoisotopic (exact) mass is 482 g/mol. The molecule has 174 valence electrons. The van der Waals surface area contributed by atoms with Crippen LogP contribution >= 0.6 is 0 Å². The molecule has 0 aliphatic heterocycles. The first-order valence-corrected chi connectivity index (χ1v) is 12.7. The molecule has 0 aliphatic carbocycles. The molecule has 6 nitrogen and oxygen atoms in total. The molecule has 0 amide bonds. The number of carbonyl (C=O) groups excluding carboxylic acids is 1. The Kier molecular flexibility index (Phi) is 18.5. The molecule has 0 fully saturated rings. The van der Waals surface area contributed by atoms with Crippen molar-refractivity contribution in [3.8, 4) is 5.75 Å². The Morgan fingerprint density at radius 2 is 1.45 bits per heavy atom. The zero-order valence-corrected chi connectivity index (χ0v) is 23.5. The Hall–Kier alpha value is 0.0364. The predicted octanol–water partition coefficient (Wildman–Crippen LogP) is 3.41. The molecule has 1 aromatic carbocycles. The van der Waals surface area contributed by atoms with Gasteiger partial charge < -0.3 is 10.3 Å². The fraction of sp³-hybridized carbons (Fsp3) is 0.696. The van der Waals surface area contributed by atoms with Crippen molar-refractivity contribution in [2.24, 2.45) is 0 Å². The molecule has 0 atom stereocenters. The molecule has 31 heavy (non-hydrogen) atoms. The van der Waals surface area contributed by atoms with Gasteiger partial charge in [-0.1, -0.05) is 90.2 Å². The molecule has 1 rings (SSSR count). The number of benzene rings is 1. The summed E-state index contributed by atoms with van der Waals surface area (Å²) < 4.78 is 42.0. The molecule has 1 aromatic rings. The van der Waals surface area contributed by atoms with Gasteiger partial charge in [-0.25, -0.2) is 4.79 Å². The first-order valence-electron chi connectivity index (χ1n) is 11.3. The van der Waals surface area contributed by atoms with E-state index in [1.807, 2.05) is 0 Å². The maximum absolute atomic E-state index is 12.5. The first-order chi connectivity index (χ1) is 14.4. The van der Waals surface area contributed by atoms with Crippen LogP contribution in [0, 0.1) is 0 Å². The molecule has 0 heterocycles. The average Bonchev–Trinajstić information content (AvgIpc) is 2.69. The number of para-hydroxylation sites is 1. The fourth-order valence-electron chi connectivity index (χ4n) is 3.37. The molecular formula is C23H39KO6S. The van der Waals surface area contributed by atoms with E-state index >= 15 is 0 Å². The Labute approximate surface area is 232 Å². The number of esters is 1. The second-order valence-electron chi connectivity index (χ2n) is 7.73. The Bertz CT molecular complexity index is 727. The van der Waals surface area contributed by atoms with Crippen molar-refractivity contribution in [3.63, 3.8) is 0 Å². The molecular weight excluding hydrogens is 443 g/mol. The summed E-state index contributed by atoms with van der Waals surface area (Å²) in [6.45, 7) is 4.60. The minimum Gasteiger partial charge on any atom is -1.00 e. The second kappa shape index (κ2) is 18.5. The fourth-order valence-corrected chi connectivity index (χ4v) is 3.77. The van der Waals surface area contributed by atoms with Crippen LogP contribution in [-0.2, 0) is 21.6 Å². The predicted molar refractivity (Wildman–Crippen MR) is 120 cm³/mol. The summed E-state index contributed by atoms with van der Waals surface area (Å²) in [5, 5.41) is 0. The topological polar surface area (TPSA) is 89.9 Å². The van der Waals surface area contributed by atoms with Crippen LogP contribution in [0.25, 0.3) is 0 Å². The van der Waals surface area contributed by atoms with E-state index in [1.54, 1.807) is 12.1 Å². The molecule has 0 saturated heterocycles. The SMILES string of the molecule is CCCCCCCCOC(=O)c1cccc(CCCCCCCC)c1OS(=O)(=O)O.[H-].[K+]. The molecule has 0 spiro atoms. The van der Waals surface area contributed by atoms with Crippen molar-refractivity contribution >= 4 is 16.4 Å². The third kappa shape index (κ3) is 14.7. The standard InChI is InChI=1S/C23H38O6S.K.H/c1-3-5-7-9-11-13-16-20-17-15-18-21(22(20)29-30(25,26)27)23(24)28-19-14-12-10-8-6-4-2;;/h15,17-18H,3-14,16,19H2,1-2H3,(H,25,26,27);;/q;+1;-1. The molecule has 0 unspecified atom stereocenters. The summed E-state index contributed by atoms with van der Waals surface area (Å²) in [6.07, 6.45) is 13.5. The second-order valence-corrected chi connectivity index (χ2v) is 8.75. The van der Waals surface area contributed by atoms with Crippen molar-refractivity contribution in [1.82, 2.24) is 0 Å². The van der Waals surface area contributed by atoms with Gasteiger partial charge in [0.25, 0.3) is 0 Å². The minimum atomic E-state index is -4.74. The minimum absolute atomic E-state index is 0. The van der Waals surface area contributed by atoms with Gasteiger partial charge in [0.05, 0.1) is 6.61 Å². The molecule has 8 heteroatoms. The van der Waals surface area contributed by atoms with E-state index in [2.05, 4.69) is 13.8 Å². The first kappa shape index (κ1) is 31.0. The van der Waals surface area contributed by atoms with E-state index < -0.39 is 16.4 Å². The molecule has 0 bridgehead atoms. The van der Waals surface area contributed by atoms with Gasteiger partial charge in [-0.05, 0) is 30.9 Å². The van der Waals surface area contributed by atoms with Gasteiger partial charge in [0.15, 0.2) is 5.75 Å². The summed E-state index contributed by atoms with van der Waals surface area (Å²) in [7, 11) is -4.74. The number of rotatable bonds is 17. The quantitative estimate of drug-likeness (QED) is 0.158. The van der Waals surface area contributed by atoms with E-state index in [0.717, 1.165) is 38.5 Å². The maximum atomic E-state index is 12.5.